The molecule has 0 aliphatic heterocycles. The van der Waals surface area contributed by atoms with Crippen LogP contribution in [0.2, 0.25) is 0 Å². The van der Waals surface area contributed by atoms with E-state index in [0.717, 1.165) is 12.5 Å². The first-order valence-electron chi connectivity index (χ1n) is 4.01. The summed E-state index contributed by atoms with van der Waals surface area (Å²) in [5.41, 5.74) is 5.45. The maximum absolute atomic E-state index is 5.45. The third-order valence-corrected chi connectivity index (χ3v) is 1.70. The molecular formula is C8H19N. The van der Waals surface area contributed by atoms with E-state index in [-0.39, 0.29) is 0 Å². The molecule has 0 unspecified atom stereocenters. The molecule has 0 aromatic rings. The average Bonchev–Trinajstić information content (AvgIpc) is 1.89. The summed E-state index contributed by atoms with van der Waals surface area (Å²) in [5.74, 6) is 0.733. The van der Waals surface area contributed by atoms with Gasteiger partial charge in [-0.2, -0.15) is 0 Å². The Balaban J connectivity index is 2.88. The standard InChI is InChI=1S/C8H19N/c1-3-4-5-6-8(2)7-9/h8H,3-7,9H2,1-2H3/t8-/m1/s1. The minimum Gasteiger partial charge on any atom is -0.330 e. The molecule has 0 fully saturated rings. The van der Waals surface area contributed by atoms with Gasteiger partial charge in [-0.15, -0.1) is 0 Å². The summed E-state index contributed by atoms with van der Waals surface area (Å²) in [7, 11) is 0. The summed E-state index contributed by atoms with van der Waals surface area (Å²) in [6.07, 6.45) is 5.35. The number of unbranched alkanes of at least 4 members (excludes halogenated alkanes) is 2. The zero-order valence-corrected chi connectivity index (χ0v) is 6.69. The van der Waals surface area contributed by atoms with Crippen molar-refractivity contribution in [2.75, 3.05) is 6.54 Å². The van der Waals surface area contributed by atoms with Gasteiger partial charge in [0.05, 0.1) is 0 Å². The minimum absolute atomic E-state index is 0.733. The fraction of sp³-hybridized carbons (Fsp3) is 1.00. The number of nitrogens with two attached hydrogens (primary N) is 1. The van der Waals surface area contributed by atoms with Gasteiger partial charge in [0.1, 0.15) is 0 Å². The van der Waals surface area contributed by atoms with Gasteiger partial charge in [0.2, 0.25) is 0 Å². The summed E-state index contributed by atoms with van der Waals surface area (Å²) in [4.78, 5) is 0. The Labute approximate surface area is 58.6 Å². The van der Waals surface area contributed by atoms with Crippen molar-refractivity contribution in [2.24, 2.45) is 11.7 Å². The Bertz CT molecular complexity index is 52.5. The molecule has 0 saturated carbocycles. The highest BCUT2D eigenvalue weighted by atomic mass is 14.5. The van der Waals surface area contributed by atoms with E-state index in [0.29, 0.717) is 0 Å². The quantitative estimate of drug-likeness (QED) is 0.566. The zero-order valence-electron chi connectivity index (χ0n) is 6.69. The molecule has 1 atom stereocenters. The van der Waals surface area contributed by atoms with E-state index in [1.807, 2.05) is 0 Å². The van der Waals surface area contributed by atoms with Gasteiger partial charge in [-0.25, -0.2) is 0 Å². The van der Waals surface area contributed by atoms with Gasteiger partial charge in [-0.1, -0.05) is 33.1 Å². The Kier molecular flexibility index (Phi) is 6.06. The predicted octanol–water partition coefficient (Wildman–Crippen LogP) is 2.16. The molecule has 2 N–H and O–H groups in total. The van der Waals surface area contributed by atoms with Crippen molar-refractivity contribution in [3.8, 4) is 0 Å². The van der Waals surface area contributed by atoms with E-state index >= 15 is 0 Å². The van der Waals surface area contributed by atoms with E-state index < -0.39 is 0 Å². The fourth-order valence-electron chi connectivity index (χ4n) is 0.861. The van der Waals surface area contributed by atoms with Crippen LogP contribution in [0.1, 0.15) is 39.5 Å². The second-order valence-electron chi connectivity index (χ2n) is 2.84. The van der Waals surface area contributed by atoms with Crippen molar-refractivity contribution in [3.05, 3.63) is 0 Å². The molecule has 0 aliphatic carbocycles. The zero-order chi connectivity index (χ0) is 7.11. The van der Waals surface area contributed by atoms with E-state index in [1.54, 1.807) is 0 Å². The van der Waals surface area contributed by atoms with Gasteiger partial charge < -0.3 is 5.73 Å². The largest absolute Gasteiger partial charge is 0.330 e. The van der Waals surface area contributed by atoms with Gasteiger partial charge in [0.15, 0.2) is 0 Å². The maximum atomic E-state index is 5.45. The van der Waals surface area contributed by atoms with Gasteiger partial charge >= 0.3 is 0 Å². The molecular weight excluding hydrogens is 110 g/mol. The predicted molar refractivity (Wildman–Crippen MR) is 42.4 cm³/mol. The van der Waals surface area contributed by atoms with Crippen molar-refractivity contribution < 1.29 is 0 Å². The molecule has 0 amide bonds. The summed E-state index contributed by atoms with van der Waals surface area (Å²) >= 11 is 0. The molecule has 0 heterocycles. The van der Waals surface area contributed by atoms with Crippen molar-refractivity contribution >= 4 is 0 Å². The van der Waals surface area contributed by atoms with E-state index in [9.17, 15) is 0 Å². The van der Waals surface area contributed by atoms with E-state index in [1.165, 1.54) is 25.7 Å². The van der Waals surface area contributed by atoms with Crippen LogP contribution in [-0.2, 0) is 0 Å². The van der Waals surface area contributed by atoms with Crippen LogP contribution in [0.25, 0.3) is 0 Å². The highest BCUT2D eigenvalue weighted by Gasteiger charge is 1.96. The monoisotopic (exact) mass is 129 g/mol. The SMILES string of the molecule is CCCCC[C@@H](C)CN. The van der Waals surface area contributed by atoms with Crippen molar-refractivity contribution in [2.45, 2.75) is 39.5 Å². The Morgan fingerprint density at radius 2 is 2.00 bits per heavy atom. The van der Waals surface area contributed by atoms with E-state index in [4.69, 9.17) is 5.73 Å². The Hall–Kier alpha value is -0.0400. The minimum atomic E-state index is 0.733. The first-order valence-corrected chi connectivity index (χ1v) is 4.01. The molecule has 0 bridgehead atoms. The summed E-state index contributed by atoms with van der Waals surface area (Å²) in [5, 5.41) is 0. The first kappa shape index (κ1) is 8.96. The lowest BCUT2D eigenvalue weighted by Gasteiger charge is -2.05. The molecule has 0 aromatic heterocycles. The second-order valence-corrected chi connectivity index (χ2v) is 2.84. The van der Waals surface area contributed by atoms with Crippen LogP contribution in [-0.4, -0.2) is 6.54 Å². The second kappa shape index (κ2) is 6.09. The lowest BCUT2D eigenvalue weighted by molar-refractivity contribution is 0.505. The first-order chi connectivity index (χ1) is 4.31. The molecule has 9 heavy (non-hydrogen) atoms. The van der Waals surface area contributed by atoms with Gasteiger partial charge in [0.25, 0.3) is 0 Å². The Morgan fingerprint density at radius 1 is 1.33 bits per heavy atom. The fourth-order valence-corrected chi connectivity index (χ4v) is 0.861. The van der Waals surface area contributed by atoms with Crippen molar-refractivity contribution in [3.63, 3.8) is 0 Å². The normalized spacial score (nSPS) is 13.7. The highest BCUT2D eigenvalue weighted by molar-refractivity contribution is 4.52. The van der Waals surface area contributed by atoms with Gasteiger partial charge in [-0.05, 0) is 18.9 Å². The molecule has 1 heteroatoms. The Morgan fingerprint density at radius 3 is 2.44 bits per heavy atom. The molecule has 56 valence electrons. The third-order valence-electron chi connectivity index (χ3n) is 1.70. The third kappa shape index (κ3) is 5.84. The molecule has 1 nitrogen and oxygen atoms in total. The summed E-state index contributed by atoms with van der Waals surface area (Å²) in [6.45, 7) is 5.30. The van der Waals surface area contributed by atoms with Crippen LogP contribution in [0, 0.1) is 5.92 Å². The highest BCUT2D eigenvalue weighted by Crippen LogP contribution is 2.06. The van der Waals surface area contributed by atoms with Crippen LogP contribution < -0.4 is 5.73 Å². The van der Waals surface area contributed by atoms with Crippen LogP contribution in [0.3, 0.4) is 0 Å². The van der Waals surface area contributed by atoms with E-state index in [2.05, 4.69) is 13.8 Å². The topological polar surface area (TPSA) is 26.0 Å². The van der Waals surface area contributed by atoms with Gasteiger partial charge in [0, 0.05) is 0 Å². The van der Waals surface area contributed by atoms with Crippen LogP contribution in [0.15, 0.2) is 0 Å². The van der Waals surface area contributed by atoms with Crippen LogP contribution in [0.5, 0.6) is 0 Å². The average molecular weight is 129 g/mol. The molecule has 0 spiro atoms. The molecule has 0 aliphatic rings. The molecule has 0 aromatic carbocycles. The van der Waals surface area contributed by atoms with Gasteiger partial charge in [-0.3, -0.25) is 0 Å². The number of hydrogen-bond acceptors (Lipinski definition) is 1. The number of hydrogen-bond donors (Lipinski definition) is 1. The number of rotatable bonds is 5. The van der Waals surface area contributed by atoms with Crippen LogP contribution >= 0.6 is 0 Å². The summed E-state index contributed by atoms with van der Waals surface area (Å²) in [6, 6.07) is 0. The molecule has 0 saturated heterocycles. The molecule has 0 radical (unpaired) electrons. The smallest absolute Gasteiger partial charge is 0.00515 e. The lowest BCUT2D eigenvalue weighted by atomic mass is 10.0. The molecule has 0 rings (SSSR count). The lowest BCUT2D eigenvalue weighted by Crippen LogP contribution is -2.10. The van der Waals surface area contributed by atoms with Crippen molar-refractivity contribution in [1.82, 2.24) is 0 Å². The summed E-state index contributed by atoms with van der Waals surface area (Å²) < 4.78 is 0. The van der Waals surface area contributed by atoms with Crippen molar-refractivity contribution in [1.29, 1.82) is 0 Å². The van der Waals surface area contributed by atoms with Crippen LogP contribution in [0.4, 0.5) is 0 Å². The maximum Gasteiger partial charge on any atom is -0.00515 e.